The monoisotopic (exact) mass is 371 g/mol. The smallest absolute Gasteiger partial charge is 0.191 e. The van der Waals surface area contributed by atoms with Gasteiger partial charge in [0.2, 0.25) is 0 Å². The van der Waals surface area contributed by atoms with Crippen molar-refractivity contribution in [3.63, 3.8) is 0 Å². The van der Waals surface area contributed by atoms with Gasteiger partial charge in [-0.05, 0) is 36.8 Å². The van der Waals surface area contributed by atoms with Gasteiger partial charge in [0.05, 0.1) is 13.7 Å². The first-order valence-electron chi connectivity index (χ1n) is 8.90. The van der Waals surface area contributed by atoms with Gasteiger partial charge < -0.3 is 25.0 Å². The molecule has 0 aliphatic heterocycles. The molecular weight excluding hydrogens is 342 g/mol. The van der Waals surface area contributed by atoms with Gasteiger partial charge in [-0.25, -0.2) is 4.98 Å². The number of methoxy groups -OCH3 is 1. The van der Waals surface area contributed by atoms with Gasteiger partial charge >= 0.3 is 0 Å². The summed E-state index contributed by atoms with van der Waals surface area (Å²) >= 11 is 0. The van der Waals surface area contributed by atoms with Crippen LogP contribution in [0.2, 0.25) is 0 Å². The topological polar surface area (TPSA) is 71.0 Å². The molecule has 0 aliphatic carbocycles. The number of pyridine rings is 1. The molecule has 0 bridgehead atoms. The van der Waals surface area contributed by atoms with Crippen molar-refractivity contribution in [1.82, 2.24) is 15.6 Å². The maximum absolute atomic E-state index is 5.95. The molecule has 1 heterocycles. The number of guanidine groups is 1. The number of para-hydroxylation sites is 2. The SMILES string of the molecule is CN=C(NCc1ccnc(N(C)C)c1)NCC(C)Oc1ccccc1OC. The maximum atomic E-state index is 5.95. The van der Waals surface area contributed by atoms with E-state index < -0.39 is 0 Å². The number of ether oxygens (including phenoxy) is 2. The normalized spacial score (nSPS) is 12.3. The summed E-state index contributed by atoms with van der Waals surface area (Å²) in [6.07, 6.45) is 1.76. The summed E-state index contributed by atoms with van der Waals surface area (Å²) in [6, 6.07) is 11.7. The third-order valence-electron chi connectivity index (χ3n) is 3.91. The zero-order chi connectivity index (χ0) is 19.6. The summed E-state index contributed by atoms with van der Waals surface area (Å²) in [5, 5.41) is 6.59. The number of aromatic nitrogens is 1. The van der Waals surface area contributed by atoms with Crippen molar-refractivity contribution in [3.8, 4) is 11.5 Å². The largest absolute Gasteiger partial charge is 0.493 e. The Kier molecular flexibility index (Phi) is 7.73. The minimum Gasteiger partial charge on any atom is -0.493 e. The number of rotatable bonds is 8. The summed E-state index contributed by atoms with van der Waals surface area (Å²) in [6.45, 7) is 3.26. The van der Waals surface area contributed by atoms with Crippen LogP contribution in [-0.4, -0.2) is 51.8 Å². The van der Waals surface area contributed by atoms with Crippen molar-refractivity contribution in [2.75, 3.05) is 39.7 Å². The van der Waals surface area contributed by atoms with Crippen LogP contribution >= 0.6 is 0 Å². The molecule has 1 aromatic carbocycles. The Morgan fingerprint density at radius 3 is 2.59 bits per heavy atom. The maximum Gasteiger partial charge on any atom is 0.191 e. The molecule has 7 heteroatoms. The van der Waals surface area contributed by atoms with E-state index in [2.05, 4.69) is 20.6 Å². The molecule has 0 spiro atoms. The quantitative estimate of drug-likeness (QED) is 0.548. The van der Waals surface area contributed by atoms with Crippen LogP contribution < -0.4 is 25.0 Å². The van der Waals surface area contributed by atoms with Crippen LogP contribution in [0.1, 0.15) is 12.5 Å². The fourth-order valence-corrected chi connectivity index (χ4v) is 2.44. The summed E-state index contributed by atoms with van der Waals surface area (Å²) < 4.78 is 11.3. The molecule has 2 rings (SSSR count). The number of anilines is 1. The Morgan fingerprint density at radius 2 is 1.93 bits per heavy atom. The number of hydrogen-bond acceptors (Lipinski definition) is 5. The number of nitrogens with one attached hydrogen (secondary N) is 2. The standard InChI is InChI=1S/C20H29N5O2/c1-15(27-18-9-7-6-8-17(18)26-5)13-23-20(21-2)24-14-16-10-11-22-19(12-16)25(3)4/h6-12,15H,13-14H2,1-5H3,(H2,21,23,24). The molecule has 0 saturated heterocycles. The second kappa shape index (κ2) is 10.3. The predicted octanol–water partition coefficient (Wildman–Crippen LogP) is 2.29. The molecule has 1 atom stereocenters. The van der Waals surface area contributed by atoms with E-state index in [0.717, 1.165) is 22.9 Å². The van der Waals surface area contributed by atoms with Crippen molar-refractivity contribution < 1.29 is 9.47 Å². The van der Waals surface area contributed by atoms with Crippen LogP contribution in [0, 0.1) is 0 Å². The fourth-order valence-electron chi connectivity index (χ4n) is 2.44. The van der Waals surface area contributed by atoms with Gasteiger partial charge in [0.15, 0.2) is 17.5 Å². The van der Waals surface area contributed by atoms with Crippen LogP contribution in [0.15, 0.2) is 47.6 Å². The second-order valence-electron chi connectivity index (χ2n) is 6.30. The fraction of sp³-hybridized carbons (Fsp3) is 0.400. The van der Waals surface area contributed by atoms with E-state index >= 15 is 0 Å². The van der Waals surface area contributed by atoms with Crippen molar-refractivity contribution in [2.45, 2.75) is 19.6 Å². The van der Waals surface area contributed by atoms with Crippen LogP contribution in [0.5, 0.6) is 11.5 Å². The highest BCUT2D eigenvalue weighted by molar-refractivity contribution is 5.79. The van der Waals surface area contributed by atoms with Crippen molar-refractivity contribution >= 4 is 11.8 Å². The third kappa shape index (κ3) is 6.36. The Bertz CT molecular complexity index is 749. The number of benzene rings is 1. The summed E-state index contributed by atoms with van der Waals surface area (Å²) in [5.74, 6) is 3.09. The zero-order valence-electron chi connectivity index (χ0n) is 16.7. The first kappa shape index (κ1) is 20.4. The number of nitrogens with zero attached hydrogens (tertiary/aromatic N) is 3. The van der Waals surface area contributed by atoms with Gasteiger partial charge in [0.1, 0.15) is 11.9 Å². The van der Waals surface area contributed by atoms with Gasteiger partial charge in [-0.3, -0.25) is 4.99 Å². The lowest BCUT2D eigenvalue weighted by molar-refractivity contribution is 0.213. The average molecular weight is 371 g/mol. The van der Waals surface area contributed by atoms with Crippen LogP contribution in [0.4, 0.5) is 5.82 Å². The van der Waals surface area contributed by atoms with E-state index in [4.69, 9.17) is 9.47 Å². The molecule has 0 fully saturated rings. The third-order valence-corrected chi connectivity index (χ3v) is 3.91. The Morgan fingerprint density at radius 1 is 1.19 bits per heavy atom. The second-order valence-corrected chi connectivity index (χ2v) is 6.30. The van der Waals surface area contributed by atoms with Crippen molar-refractivity contribution in [2.24, 2.45) is 4.99 Å². The van der Waals surface area contributed by atoms with Gasteiger partial charge in [-0.15, -0.1) is 0 Å². The number of aliphatic imine (C=N–C) groups is 1. The lowest BCUT2D eigenvalue weighted by atomic mass is 10.2. The number of hydrogen-bond donors (Lipinski definition) is 2. The minimum absolute atomic E-state index is 0.0545. The molecule has 1 unspecified atom stereocenters. The van der Waals surface area contributed by atoms with Gasteiger partial charge in [-0.2, -0.15) is 0 Å². The molecule has 146 valence electrons. The highest BCUT2D eigenvalue weighted by Gasteiger charge is 2.09. The van der Waals surface area contributed by atoms with Crippen LogP contribution in [0.25, 0.3) is 0 Å². The first-order valence-corrected chi connectivity index (χ1v) is 8.90. The molecule has 27 heavy (non-hydrogen) atoms. The predicted molar refractivity (Wildman–Crippen MR) is 110 cm³/mol. The van der Waals surface area contributed by atoms with E-state index in [-0.39, 0.29) is 6.10 Å². The van der Waals surface area contributed by atoms with E-state index in [9.17, 15) is 0 Å². The highest BCUT2D eigenvalue weighted by Crippen LogP contribution is 2.26. The minimum atomic E-state index is -0.0545. The molecule has 0 saturated carbocycles. The Balaban J connectivity index is 1.84. The molecule has 2 aromatic rings. The van der Waals surface area contributed by atoms with Crippen molar-refractivity contribution in [1.29, 1.82) is 0 Å². The highest BCUT2D eigenvalue weighted by atomic mass is 16.5. The van der Waals surface area contributed by atoms with E-state index in [1.807, 2.05) is 68.5 Å². The first-order chi connectivity index (χ1) is 13.0. The lowest BCUT2D eigenvalue weighted by Crippen LogP contribution is -2.41. The van der Waals surface area contributed by atoms with Gasteiger partial charge in [0, 0.05) is 33.9 Å². The van der Waals surface area contributed by atoms with Gasteiger partial charge in [0.25, 0.3) is 0 Å². The summed E-state index contributed by atoms with van der Waals surface area (Å²) in [7, 11) is 7.34. The molecular formula is C20H29N5O2. The molecule has 0 aliphatic rings. The average Bonchev–Trinajstić information content (AvgIpc) is 2.68. The molecule has 0 radical (unpaired) electrons. The zero-order valence-corrected chi connectivity index (χ0v) is 16.7. The Hall–Kier alpha value is -2.96. The van der Waals surface area contributed by atoms with Crippen LogP contribution in [0.3, 0.4) is 0 Å². The molecule has 7 nitrogen and oxygen atoms in total. The van der Waals surface area contributed by atoms with E-state index in [0.29, 0.717) is 19.0 Å². The van der Waals surface area contributed by atoms with E-state index in [1.54, 1.807) is 14.2 Å². The van der Waals surface area contributed by atoms with Gasteiger partial charge in [-0.1, -0.05) is 12.1 Å². The molecule has 1 aromatic heterocycles. The lowest BCUT2D eigenvalue weighted by Gasteiger charge is -2.19. The van der Waals surface area contributed by atoms with Crippen LogP contribution in [-0.2, 0) is 6.54 Å². The molecule has 2 N–H and O–H groups in total. The summed E-state index contributed by atoms with van der Waals surface area (Å²) in [4.78, 5) is 10.6. The van der Waals surface area contributed by atoms with Crippen molar-refractivity contribution in [3.05, 3.63) is 48.2 Å². The Labute approximate surface area is 161 Å². The van der Waals surface area contributed by atoms with E-state index in [1.165, 1.54) is 0 Å². The summed E-state index contributed by atoms with van der Waals surface area (Å²) in [5.41, 5.74) is 1.13. The molecule has 0 amide bonds.